The van der Waals surface area contributed by atoms with Crippen LogP contribution in [-0.4, -0.2) is 9.13 Å². The average Bonchev–Trinajstić information content (AvgIpc) is 3.21. The molecule has 0 radical (unpaired) electrons. The summed E-state index contributed by atoms with van der Waals surface area (Å²) >= 11 is 0. The van der Waals surface area contributed by atoms with Gasteiger partial charge in [0.1, 0.15) is 0 Å². The minimum Gasteiger partial charge on any atom is -0.274 e. The van der Waals surface area contributed by atoms with Gasteiger partial charge in [0.2, 0.25) is 0 Å². The van der Waals surface area contributed by atoms with Crippen molar-refractivity contribution in [1.29, 1.82) is 0 Å². The van der Waals surface area contributed by atoms with Gasteiger partial charge in [-0.25, -0.2) is 0 Å². The standard InChI is InChI=1S/C28H24N2O4/c1-17-3-7-19(8-4-17)11-13-29-25(31)21-15-23-24(16-22(21)26(29)32)28(34)30(27(23)33)14-12-20-9-5-18(2)6-10-20/h3-10,15-16H,11-14H2,1-2H3. The number of aromatic nitrogens is 2. The minimum absolute atomic E-state index is 0.189. The van der Waals surface area contributed by atoms with Crippen molar-refractivity contribution in [3.8, 4) is 0 Å². The van der Waals surface area contributed by atoms with E-state index in [1.165, 1.54) is 21.3 Å². The highest BCUT2D eigenvalue weighted by Gasteiger charge is 2.19. The maximum absolute atomic E-state index is 13.0. The summed E-state index contributed by atoms with van der Waals surface area (Å²) in [7, 11) is 0. The average molecular weight is 453 g/mol. The molecule has 0 aliphatic rings. The molecule has 6 nitrogen and oxygen atoms in total. The molecule has 0 aliphatic carbocycles. The maximum Gasteiger partial charge on any atom is 0.261 e. The normalized spacial score (nSPS) is 11.6. The van der Waals surface area contributed by atoms with Crippen LogP contribution >= 0.6 is 0 Å². The number of fused-ring (bicyclic) bond motifs is 2. The van der Waals surface area contributed by atoms with Crippen molar-refractivity contribution in [1.82, 2.24) is 9.13 Å². The Balaban J connectivity index is 1.50. The van der Waals surface area contributed by atoms with Crippen molar-refractivity contribution in [3.63, 3.8) is 0 Å². The fraction of sp³-hybridized carbons (Fsp3) is 0.214. The monoisotopic (exact) mass is 452 g/mol. The second-order valence-corrected chi connectivity index (χ2v) is 8.94. The smallest absolute Gasteiger partial charge is 0.261 e. The summed E-state index contributed by atoms with van der Waals surface area (Å²) in [5, 5.41) is 0.756. The van der Waals surface area contributed by atoms with Crippen LogP contribution in [0.5, 0.6) is 0 Å². The van der Waals surface area contributed by atoms with Gasteiger partial charge >= 0.3 is 0 Å². The molecule has 0 saturated carbocycles. The lowest BCUT2D eigenvalue weighted by atomic mass is 10.1. The molecule has 0 spiro atoms. The van der Waals surface area contributed by atoms with E-state index < -0.39 is 22.2 Å². The fourth-order valence-corrected chi connectivity index (χ4v) is 4.47. The first-order valence-electron chi connectivity index (χ1n) is 11.3. The third-order valence-electron chi connectivity index (χ3n) is 6.55. The van der Waals surface area contributed by atoms with E-state index in [1.807, 2.05) is 62.4 Å². The molecular weight excluding hydrogens is 428 g/mol. The molecule has 2 aromatic heterocycles. The van der Waals surface area contributed by atoms with Crippen LogP contribution < -0.4 is 22.2 Å². The third kappa shape index (κ3) is 3.71. The van der Waals surface area contributed by atoms with E-state index in [1.54, 1.807) is 0 Å². The van der Waals surface area contributed by atoms with Gasteiger partial charge in [-0.15, -0.1) is 0 Å². The van der Waals surface area contributed by atoms with Gasteiger partial charge in [-0.2, -0.15) is 0 Å². The molecule has 2 heterocycles. The number of nitrogens with zero attached hydrogens (tertiary/aromatic N) is 2. The van der Waals surface area contributed by atoms with Crippen molar-refractivity contribution >= 4 is 21.5 Å². The van der Waals surface area contributed by atoms with E-state index in [9.17, 15) is 19.2 Å². The molecule has 0 aliphatic heterocycles. The molecule has 0 bridgehead atoms. The highest BCUT2D eigenvalue weighted by Crippen LogP contribution is 2.15. The van der Waals surface area contributed by atoms with Crippen LogP contribution in [0, 0.1) is 13.8 Å². The number of hydrogen-bond acceptors (Lipinski definition) is 4. The van der Waals surface area contributed by atoms with Gasteiger partial charge in [0, 0.05) is 13.1 Å². The number of aryl methyl sites for hydroxylation is 4. The summed E-state index contributed by atoms with van der Waals surface area (Å²) in [6.07, 6.45) is 1.08. The first-order chi connectivity index (χ1) is 16.3. The Morgan fingerprint density at radius 2 is 0.794 bits per heavy atom. The zero-order chi connectivity index (χ0) is 24.0. The summed E-state index contributed by atoms with van der Waals surface area (Å²) in [5.41, 5.74) is 2.64. The topological polar surface area (TPSA) is 78.1 Å². The molecule has 0 fully saturated rings. The summed E-state index contributed by atoms with van der Waals surface area (Å²) in [6.45, 7) is 4.48. The molecule has 0 N–H and O–H groups in total. The Kier molecular flexibility index (Phi) is 5.36. The lowest BCUT2D eigenvalue weighted by molar-refractivity contribution is 0.664. The zero-order valence-corrected chi connectivity index (χ0v) is 19.1. The van der Waals surface area contributed by atoms with Gasteiger partial charge in [0.15, 0.2) is 0 Å². The molecule has 170 valence electrons. The molecule has 0 amide bonds. The molecule has 5 aromatic rings. The number of hydrogen-bond donors (Lipinski definition) is 0. The first kappa shape index (κ1) is 21.8. The van der Waals surface area contributed by atoms with Crippen LogP contribution in [0.4, 0.5) is 0 Å². The van der Waals surface area contributed by atoms with E-state index in [4.69, 9.17) is 0 Å². The van der Waals surface area contributed by atoms with E-state index in [0.717, 1.165) is 22.3 Å². The van der Waals surface area contributed by atoms with Crippen LogP contribution in [-0.2, 0) is 25.9 Å². The fourth-order valence-electron chi connectivity index (χ4n) is 4.47. The van der Waals surface area contributed by atoms with Crippen molar-refractivity contribution < 1.29 is 0 Å². The van der Waals surface area contributed by atoms with Gasteiger partial charge in [-0.1, -0.05) is 59.7 Å². The molecule has 5 rings (SSSR count). The molecule has 3 aromatic carbocycles. The Morgan fingerprint density at radius 1 is 0.500 bits per heavy atom. The molecule has 34 heavy (non-hydrogen) atoms. The van der Waals surface area contributed by atoms with E-state index in [2.05, 4.69) is 0 Å². The van der Waals surface area contributed by atoms with Gasteiger partial charge < -0.3 is 0 Å². The summed E-state index contributed by atoms with van der Waals surface area (Å²) in [5.74, 6) is 0. The molecule has 0 atom stereocenters. The Hall–Kier alpha value is -4.06. The number of rotatable bonds is 6. The summed E-state index contributed by atoms with van der Waals surface area (Å²) < 4.78 is 2.40. The Morgan fingerprint density at radius 3 is 1.09 bits per heavy atom. The van der Waals surface area contributed by atoms with Crippen LogP contribution in [0.1, 0.15) is 22.3 Å². The largest absolute Gasteiger partial charge is 0.274 e. The minimum atomic E-state index is -0.423. The van der Waals surface area contributed by atoms with Crippen LogP contribution in [0.25, 0.3) is 21.5 Å². The van der Waals surface area contributed by atoms with Gasteiger partial charge in [-0.3, -0.25) is 28.3 Å². The van der Waals surface area contributed by atoms with Gasteiger partial charge in [-0.05, 0) is 49.9 Å². The number of benzene rings is 3. The zero-order valence-electron chi connectivity index (χ0n) is 19.1. The third-order valence-corrected chi connectivity index (χ3v) is 6.55. The highest BCUT2D eigenvalue weighted by atomic mass is 16.2. The molecule has 0 saturated heterocycles. The molecular formula is C28H24N2O4. The summed E-state index contributed by atoms with van der Waals surface area (Å²) in [6, 6.07) is 18.7. The van der Waals surface area contributed by atoms with Gasteiger partial charge in [0.05, 0.1) is 21.5 Å². The SMILES string of the molecule is Cc1ccc(CCn2c(=O)c3cc4c(=O)n(CCc5ccc(C)cc5)c(=O)c4cc3c2=O)cc1. The van der Waals surface area contributed by atoms with Crippen molar-refractivity contribution in [2.75, 3.05) is 0 Å². The maximum atomic E-state index is 13.0. The highest BCUT2D eigenvalue weighted by molar-refractivity contribution is 5.97. The predicted molar refractivity (Wildman–Crippen MR) is 135 cm³/mol. The first-order valence-corrected chi connectivity index (χ1v) is 11.3. The van der Waals surface area contributed by atoms with Crippen molar-refractivity contribution in [2.45, 2.75) is 39.8 Å². The van der Waals surface area contributed by atoms with E-state index in [0.29, 0.717) is 12.8 Å². The van der Waals surface area contributed by atoms with Crippen molar-refractivity contribution in [3.05, 3.63) is 124 Å². The van der Waals surface area contributed by atoms with Gasteiger partial charge in [0.25, 0.3) is 22.2 Å². The molecule has 0 unspecified atom stereocenters. The lowest BCUT2D eigenvalue weighted by Crippen LogP contribution is -2.27. The quantitative estimate of drug-likeness (QED) is 0.397. The Bertz CT molecular complexity index is 1520. The van der Waals surface area contributed by atoms with Crippen LogP contribution in [0.2, 0.25) is 0 Å². The second kappa shape index (κ2) is 8.37. The van der Waals surface area contributed by atoms with Crippen LogP contribution in [0.15, 0.2) is 79.8 Å². The van der Waals surface area contributed by atoms with Crippen LogP contribution in [0.3, 0.4) is 0 Å². The second-order valence-electron chi connectivity index (χ2n) is 8.94. The predicted octanol–water partition coefficient (Wildman–Crippen LogP) is 3.01. The Labute approximate surface area is 195 Å². The van der Waals surface area contributed by atoms with E-state index >= 15 is 0 Å². The molecule has 6 heteroatoms. The summed E-state index contributed by atoms with van der Waals surface area (Å²) in [4.78, 5) is 51.9. The lowest BCUT2D eigenvalue weighted by Gasteiger charge is -2.02. The van der Waals surface area contributed by atoms with E-state index in [-0.39, 0.29) is 34.6 Å². The van der Waals surface area contributed by atoms with Crippen molar-refractivity contribution in [2.24, 2.45) is 0 Å².